The van der Waals surface area contributed by atoms with Gasteiger partial charge in [0.15, 0.2) is 0 Å². The van der Waals surface area contributed by atoms with E-state index in [1.807, 2.05) is 0 Å². The van der Waals surface area contributed by atoms with Crippen molar-refractivity contribution < 1.29 is 0 Å². The number of hydrogen-bond acceptors (Lipinski definition) is 2. The molecule has 0 aliphatic rings. The van der Waals surface area contributed by atoms with Crippen molar-refractivity contribution in [3.05, 3.63) is 0 Å². The summed E-state index contributed by atoms with van der Waals surface area (Å²) in [6.07, 6.45) is 0. The molecule has 0 heterocycles. The quantitative estimate of drug-likeness (QED) is 0.361. The molecule has 0 bridgehead atoms. The maximum atomic E-state index is 5.23. The van der Waals surface area contributed by atoms with Crippen LogP contribution >= 0.6 is 0 Å². The van der Waals surface area contributed by atoms with E-state index >= 15 is 0 Å². The van der Waals surface area contributed by atoms with Crippen LogP contribution in [-0.2, 0) is 0 Å². The monoisotopic (exact) mass is 342 g/mol. The van der Waals surface area contributed by atoms with E-state index < -0.39 is 16.5 Å². The van der Waals surface area contributed by atoms with Crippen molar-refractivity contribution >= 4 is 16.5 Å². The topological polar surface area (TPSA) is 24.7 Å². The predicted molar refractivity (Wildman–Crippen MR) is 107 cm³/mol. The van der Waals surface area contributed by atoms with Crippen LogP contribution in [0, 0.1) is 0 Å². The van der Waals surface area contributed by atoms with Crippen LogP contribution in [-0.4, -0.2) is 16.5 Å². The first kappa shape index (κ1) is 22.0. The highest BCUT2D eigenvalue weighted by Crippen LogP contribution is 2.55. The van der Waals surface area contributed by atoms with E-state index in [2.05, 4.69) is 96.2 Å². The Kier molecular flexibility index (Phi) is 5.84. The van der Waals surface area contributed by atoms with Crippen molar-refractivity contribution in [3.63, 3.8) is 0 Å². The fourth-order valence-electron chi connectivity index (χ4n) is 3.05. The normalized spacial score (nSPS) is 16.5. The van der Waals surface area contributed by atoms with Gasteiger partial charge < -0.3 is 0 Å². The van der Waals surface area contributed by atoms with Crippen molar-refractivity contribution in [2.45, 2.75) is 116 Å². The van der Waals surface area contributed by atoms with Gasteiger partial charge in [-0.05, 0) is 33.2 Å². The summed E-state index contributed by atoms with van der Waals surface area (Å²) in [7, 11) is -3.85. The third-order valence-corrected chi connectivity index (χ3v) is 19.2. The van der Waals surface area contributed by atoms with Gasteiger partial charge in [-0.25, -0.2) is 9.56 Å². The fraction of sp³-hybridized carbons (Fsp3) is 1.00. The standard InChI is InChI=1S/C18H42N2Si2/c1-15(2,3)21(13,16(4,5)6)19-20-22(14,17(7,8)9)18(10,11)12/h1-14H3/b20-19+. The highest BCUT2D eigenvalue weighted by molar-refractivity contribution is 6.85. The molecule has 0 unspecified atom stereocenters. The SMILES string of the molecule is CC(C)(C)[Si](C)(/N=N/[Si](C)(C(C)(C)C)C(C)(C)C)C(C)(C)C. The largest absolute Gasteiger partial charge is 0.247 e. The molecule has 0 spiro atoms. The van der Waals surface area contributed by atoms with Crippen molar-refractivity contribution in [3.8, 4) is 0 Å². The number of hydrogen-bond donors (Lipinski definition) is 0. The average molecular weight is 343 g/mol. The number of nitrogens with zero attached hydrogens (tertiary/aromatic N) is 2. The van der Waals surface area contributed by atoms with E-state index in [4.69, 9.17) is 9.56 Å². The molecule has 4 heteroatoms. The Bertz CT molecular complexity index is 344. The summed E-state index contributed by atoms with van der Waals surface area (Å²) in [6.45, 7) is 33.0. The second-order valence-electron chi connectivity index (χ2n) is 11.3. The fourth-order valence-corrected chi connectivity index (χ4v) is 10.4. The lowest BCUT2D eigenvalue weighted by atomic mass is 10.2. The molecule has 22 heavy (non-hydrogen) atoms. The lowest BCUT2D eigenvalue weighted by Gasteiger charge is -2.48. The Labute approximate surface area is 142 Å². The number of rotatable bonds is 2. The van der Waals surface area contributed by atoms with Gasteiger partial charge in [-0.15, -0.1) is 0 Å². The summed E-state index contributed by atoms with van der Waals surface area (Å²) >= 11 is 0. The molecular weight excluding hydrogens is 300 g/mol. The van der Waals surface area contributed by atoms with Crippen LogP contribution in [0.4, 0.5) is 0 Å². The Hall–Kier alpha value is 0.0338. The van der Waals surface area contributed by atoms with Gasteiger partial charge in [0, 0.05) is 0 Å². The van der Waals surface area contributed by atoms with E-state index in [0.717, 1.165) is 0 Å². The molecule has 0 atom stereocenters. The summed E-state index contributed by atoms with van der Waals surface area (Å²) < 4.78 is 10.5. The second-order valence-corrected chi connectivity index (χ2v) is 22.0. The minimum Gasteiger partial charge on any atom is -0.247 e. The molecule has 2 nitrogen and oxygen atoms in total. The van der Waals surface area contributed by atoms with Gasteiger partial charge in [0.05, 0.1) is 0 Å². The van der Waals surface area contributed by atoms with Crippen LogP contribution in [0.2, 0.25) is 33.2 Å². The van der Waals surface area contributed by atoms with Gasteiger partial charge in [0.2, 0.25) is 16.5 Å². The van der Waals surface area contributed by atoms with Crippen LogP contribution in [0.25, 0.3) is 0 Å². The van der Waals surface area contributed by atoms with Gasteiger partial charge in [-0.2, -0.15) is 0 Å². The molecule has 132 valence electrons. The van der Waals surface area contributed by atoms with Gasteiger partial charge in [0.1, 0.15) is 0 Å². The Morgan fingerprint density at radius 1 is 0.409 bits per heavy atom. The van der Waals surface area contributed by atoms with Crippen LogP contribution in [0.1, 0.15) is 83.1 Å². The molecule has 0 amide bonds. The lowest BCUT2D eigenvalue weighted by molar-refractivity contribution is 0.596. The van der Waals surface area contributed by atoms with Crippen LogP contribution < -0.4 is 0 Å². The zero-order chi connectivity index (χ0) is 18.4. The van der Waals surface area contributed by atoms with Crippen molar-refractivity contribution in [2.75, 3.05) is 0 Å². The summed E-state index contributed by atoms with van der Waals surface area (Å²) in [5.41, 5.74) is 0. The molecule has 0 aromatic rings. The minimum absolute atomic E-state index is 0.208. The first-order chi connectivity index (χ1) is 9.21. The molecule has 0 aliphatic heterocycles. The van der Waals surface area contributed by atoms with E-state index in [-0.39, 0.29) is 20.2 Å². The van der Waals surface area contributed by atoms with Crippen LogP contribution in [0.3, 0.4) is 0 Å². The third-order valence-electron chi connectivity index (χ3n) is 6.29. The third kappa shape index (κ3) is 3.92. The summed E-state index contributed by atoms with van der Waals surface area (Å²) in [5.74, 6) is 0. The highest BCUT2D eigenvalue weighted by Gasteiger charge is 2.54. The molecular formula is C18H42N2Si2. The van der Waals surface area contributed by atoms with E-state index in [1.54, 1.807) is 0 Å². The first-order valence-corrected chi connectivity index (χ1v) is 13.5. The summed E-state index contributed by atoms with van der Waals surface area (Å²) in [6, 6.07) is 0. The van der Waals surface area contributed by atoms with Crippen molar-refractivity contribution in [1.82, 2.24) is 0 Å². The van der Waals surface area contributed by atoms with E-state index in [0.29, 0.717) is 0 Å². The molecule has 0 N–H and O–H groups in total. The average Bonchev–Trinajstić information content (AvgIpc) is 2.18. The van der Waals surface area contributed by atoms with Gasteiger partial charge in [0.25, 0.3) is 0 Å². The molecule has 0 aromatic heterocycles. The zero-order valence-corrected chi connectivity index (χ0v) is 19.9. The van der Waals surface area contributed by atoms with Crippen LogP contribution in [0.5, 0.6) is 0 Å². The highest BCUT2D eigenvalue weighted by atomic mass is 28.3. The molecule has 0 rings (SSSR count). The second kappa shape index (κ2) is 5.84. The smallest absolute Gasteiger partial charge is 0.215 e. The lowest BCUT2D eigenvalue weighted by Crippen LogP contribution is -2.51. The first-order valence-electron chi connectivity index (χ1n) is 8.65. The summed E-state index contributed by atoms with van der Waals surface area (Å²) in [4.78, 5) is 0. The van der Waals surface area contributed by atoms with E-state index in [1.165, 1.54) is 0 Å². The molecule has 0 saturated heterocycles. The molecule has 0 fully saturated rings. The predicted octanol–water partition coefficient (Wildman–Crippen LogP) is 7.79. The van der Waals surface area contributed by atoms with Crippen molar-refractivity contribution in [1.29, 1.82) is 0 Å². The Morgan fingerprint density at radius 2 is 0.545 bits per heavy atom. The van der Waals surface area contributed by atoms with Gasteiger partial charge >= 0.3 is 0 Å². The molecule has 0 saturated carbocycles. The Morgan fingerprint density at radius 3 is 0.636 bits per heavy atom. The molecule has 0 radical (unpaired) electrons. The molecule has 0 aromatic carbocycles. The maximum absolute atomic E-state index is 5.23. The minimum atomic E-state index is -1.93. The Balaban J connectivity index is 6.18. The van der Waals surface area contributed by atoms with Crippen LogP contribution in [0.15, 0.2) is 9.56 Å². The maximum Gasteiger partial charge on any atom is 0.215 e. The van der Waals surface area contributed by atoms with E-state index in [9.17, 15) is 0 Å². The zero-order valence-electron chi connectivity index (χ0n) is 17.9. The van der Waals surface area contributed by atoms with Gasteiger partial charge in [-0.1, -0.05) is 83.1 Å². The van der Waals surface area contributed by atoms with Gasteiger partial charge in [-0.3, -0.25) is 0 Å². The van der Waals surface area contributed by atoms with Crippen molar-refractivity contribution in [2.24, 2.45) is 9.56 Å². The summed E-state index contributed by atoms with van der Waals surface area (Å²) in [5, 5.41) is 0.833. The molecule has 0 aliphatic carbocycles.